The van der Waals surface area contributed by atoms with Crippen molar-refractivity contribution in [2.45, 2.75) is 26.8 Å². The average Bonchev–Trinajstić information content (AvgIpc) is 2.50. The van der Waals surface area contributed by atoms with E-state index < -0.39 is 0 Å². The van der Waals surface area contributed by atoms with E-state index in [0.717, 1.165) is 17.1 Å². The van der Waals surface area contributed by atoms with E-state index in [9.17, 15) is 4.79 Å². The summed E-state index contributed by atoms with van der Waals surface area (Å²) in [5.74, 6) is 0.629. The molecule has 0 spiro atoms. The van der Waals surface area contributed by atoms with Gasteiger partial charge in [-0.2, -0.15) is 0 Å². The molecule has 5 heteroatoms. The lowest BCUT2D eigenvalue weighted by Crippen LogP contribution is -2.30. The lowest BCUT2D eigenvalue weighted by molar-refractivity contribution is 0.0943. The second-order valence-electron chi connectivity index (χ2n) is 5.48. The fourth-order valence-electron chi connectivity index (χ4n) is 2.16. The number of carbonyl (C=O) groups excluding carboxylic acids is 1. The van der Waals surface area contributed by atoms with Gasteiger partial charge in [-0.25, -0.2) is 0 Å². The average molecular weight is 313 g/mol. The molecule has 0 heterocycles. The van der Waals surface area contributed by atoms with Gasteiger partial charge in [0.05, 0.1) is 23.7 Å². The molecule has 0 radical (unpaired) electrons. The van der Waals surface area contributed by atoms with Crippen molar-refractivity contribution in [2.75, 3.05) is 17.7 Å². The molecule has 2 aromatic rings. The fraction of sp³-hybridized carbons (Fsp3) is 0.278. The van der Waals surface area contributed by atoms with E-state index in [-0.39, 0.29) is 11.9 Å². The summed E-state index contributed by atoms with van der Waals surface area (Å²) in [6, 6.07) is 13.0. The number of amides is 1. The van der Waals surface area contributed by atoms with Gasteiger partial charge in [0, 0.05) is 11.6 Å². The minimum Gasteiger partial charge on any atom is -0.492 e. The summed E-state index contributed by atoms with van der Waals surface area (Å²) in [6.45, 7) is 6.36. The van der Waals surface area contributed by atoms with E-state index >= 15 is 0 Å². The molecule has 2 rings (SSSR count). The SMILES string of the molecule is CCOc1ccccc1Nc1ccc(C(=O)NC(C)C)cc1N. The van der Waals surface area contributed by atoms with Crippen LogP contribution in [0.5, 0.6) is 5.75 Å². The van der Waals surface area contributed by atoms with Crippen LogP contribution in [0.4, 0.5) is 17.1 Å². The maximum Gasteiger partial charge on any atom is 0.251 e. The van der Waals surface area contributed by atoms with Crippen molar-refractivity contribution in [3.63, 3.8) is 0 Å². The topological polar surface area (TPSA) is 76.4 Å². The number of nitrogen functional groups attached to an aromatic ring is 1. The Morgan fingerprint density at radius 2 is 1.91 bits per heavy atom. The quantitative estimate of drug-likeness (QED) is 0.713. The first-order valence-electron chi connectivity index (χ1n) is 7.70. The number of carbonyl (C=O) groups is 1. The summed E-state index contributed by atoms with van der Waals surface area (Å²) < 4.78 is 5.59. The fourth-order valence-corrected chi connectivity index (χ4v) is 2.16. The largest absolute Gasteiger partial charge is 0.492 e. The molecule has 4 N–H and O–H groups in total. The minimum absolute atomic E-state index is 0.0830. The van der Waals surface area contributed by atoms with Crippen LogP contribution in [-0.2, 0) is 0 Å². The van der Waals surface area contributed by atoms with Crippen molar-refractivity contribution in [2.24, 2.45) is 0 Å². The number of benzene rings is 2. The third kappa shape index (κ3) is 4.39. The van der Waals surface area contributed by atoms with Crippen LogP contribution in [0.1, 0.15) is 31.1 Å². The first-order valence-corrected chi connectivity index (χ1v) is 7.70. The van der Waals surface area contributed by atoms with Crippen molar-refractivity contribution in [1.29, 1.82) is 0 Å². The second-order valence-corrected chi connectivity index (χ2v) is 5.48. The monoisotopic (exact) mass is 313 g/mol. The normalized spacial score (nSPS) is 10.4. The molecule has 5 nitrogen and oxygen atoms in total. The van der Waals surface area contributed by atoms with Crippen molar-refractivity contribution in [3.05, 3.63) is 48.0 Å². The van der Waals surface area contributed by atoms with E-state index in [1.807, 2.05) is 45.0 Å². The standard InChI is InChI=1S/C18H23N3O2/c1-4-23-17-8-6-5-7-16(17)21-15-10-9-13(11-14(15)19)18(22)20-12(2)3/h5-12,21H,4,19H2,1-3H3,(H,20,22). The molecule has 122 valence electrons. The smallest absolute Gasteiger partial charge is 0.251 e. The van der Waals surface area contributed by atoms with Crippen LogP contribution in [-0.4, -0.2) is 18.6 Å². The number of nitrogens with two attached hydrogens (primary N) is 1. The zero-order valence-corrected chi connectivity index (χ0v) is 13.7. The first-order chi connectivity index (χ1) is 11.0. The van der Waals surface area contributed by atoms with E-state index in [0.29, 0.717) is 17.9 Å². The van der Waals surface area contributed by atoms with Crippen LogP contribution in [0, 0.1) is 0 Å². The van der Waals surface area contributed by atoms with Crippen molar-refractivity contribution in [1.82, 2.24) is 5.32 Å². The van der Waals surface area contributed by atoms with Gasteiger partial charge in [0.1, 0.15) is 5.75 Å². The molecule has 0 aliphatic carbocycles. The summed E-state index contributed by atoms with van der Waals surface area (Å²) in [5.41, 5.74) is 8.70. The summed E-state index contributed by atoms with van der Waals surface area (Å²) in [7, 11) is 0. The summed E-state index contributed by atoms with van der Waals surface area (Å²) in [6.07, 6.45) is 0. The summed E-state index contributed by atoms with van der Waals surface area (Å²) in [5, 5.41) is 6.10. The molecule has 0 fully saturated rings. The van der Waals surface area contributed by atoms with Gasteiger partial charge in [0.15, 0.2) is 0 Å². The van der Waals surface area contributed by atoms with Crippen LogP contribution in [0.25, 0.3) is 0 Å². The molecule has 0 unspecified atom stereocenters. The van der Waals surface area contributed by atoms with Gasteiger partial charge in [-0.05, 0) is 51.1 Å². The maximum absolute atomic E-state index is 12.0. The van der Waals surface area contributed by atoms with E-state index in [2.05, 4.69) is 10.6 Å². The van der Waals surface area contributed by atoms with E-state index in [4.69, 9.17) is 10.5 Å². The predicted octanol–water partition coefficient (Wildman–Crippen LogP) is 3.55. The van der Waals surface area contributed by atoms with Crippen LogP contribution < -0.4 is 21.1 Å². The molecule has 2 aromatic carbocycles. The number of para-hydroxylation sites is 2. The van der Waals surface area contributed by atoms with Crippen molar-refractivity contribution >= 4 is 23.0 Å². The Morgan fingerprint density at radius 3 is 2.57 bits per heavy atom. The molecule has 23 heavy (non-hydrogen) atoms. The lowest BCUT2D eigenvalue weighted by Gasteiger charge is -2.15. The highest BCUT2D eigenvalue weighted by atomic mass is 16.5. The molecule has 0 saturated carbocycles. The molecule has 0 bridgehead atoms. The molecule has 0 aromatic heterocycles. The lowest BCUT2D eigenvalue weighted by atomic mass is 10.1. The Kier molecular flexibility index (Phi) is 5.46. The number of ether oxygens (including phenoxy) is 1. The number of hydrogen-bond acceptors (Lipinski definition) is 4. The Bertz CT molecular complexity index is 684. The first kappa shape index (κ1) is 16.7. The molecular weight excluding hydrogens is 290 g/mol. The zero-order valence-electron chi connectivity index (χ0n) is 13.7. The number of nitrogens with one attached hydrogen (secondary N) is 2. The Morgan fingerprint density at radius 1 is 1.17 bits per heavy atom. The van der Waals surface area contributed by atoms with Gasteiger partial charge < -0.3 is 21.1 Å². The third-order valence-corrected chi connectivity index (χ3v) is 3.19. The van der Waals surface area contributed by atoms with Crippen LogP contribution >= 0.6 is 0 Å². The summed E-state index contributed by atoms with van der Waals surface area (Å²) >= 11 is 0. The molecule has 0 saturated heterocycles. The van der Waals surface area contributed by atoms with Gasteiger partial charge in [-0.15, -0.1) is 0 Å². The Labute approximate surface area is 136 Å². The van der Waals surface area contributed by atoms with Gasteiger partial charge >= 0.3 is 0 Å². The van der Waals surface area contributed by atoms with Gasteiger partial charge in [0.25, 0.3) is 5.91 Å². The van der Waals surface area contributed by atoms with Crippen LogP contribution in [0.3, 0.4) is 0 Å². The van der Waals surface area contributed by atoms with Gasteiger partial charge in [0.2, 0.25) is 0 Å². The highest BCUT2D eigenvalue weighted by molar-refractivity contribution is 5.96. The molecule has 0 atom stereocenters. The Balaban J connectivity index is 2.20. The predicted molar refractivity (Wildman–Crippen MR) is 94.4 cm³/mol. The molecule has 1 amide bonds. The number of rotatable bonds is 6. The molecule has 0 aliphatic heterocycles. The maximum atomic E-state index is 12.0. The summed E-state index contributed by atoms with van der Waals surface area (Å²) in [4.78, 5) is 12.0. The van der Waals surface area contributed by atoms with Gasteiger partial charge in [-0.3, -0.25) is 4.79 Å². The highest BCUT2D eigenvalue weighted by Gasteiger charge is 2.10. The zero-order chi connectivity index (χ0) is 16.8. The van der Waals surface area contributed by atoms with Crippen molar-refractivity contribution < 1.29 is 9.53 Å². The number of anilines is 3. The van der Waals surface area contributed by atoms with E-state index in [1.54, 1.807) is 18.2 Å². The van der Waals surface area contributed by atoms with Crippen molar-refractivity contribution in [3.8, 4) is 5.75 Å². The third-order valence-electron chi connectivity index (χ3n) is 3.19. The second kappa shape index (κ2) is 7.54. The number of hydrogen-bond donors (Lipinski definition) is 3. The van der Waals surface area contributed by atoms with Gasteiger partial charge in [-0.1, -0.05) is 12.1 Å². The highest BCUT2D eigenvalue weighted by Crippen LogP contribution is 2.30. The van der Waals surface area contributed by atoms with Crippen LogP contribution in [0.2, 0.25) is 0 Å². The van der Waals surface area contributed by atoms with E-state index in [1.165, 1.54) is 0 Å². The minimum atomic E-state index is -0.132. The molecular formula is C18H23N3O2. The molecule has 0 aliphatic rings. The Hall–Kier alpha value is -2.69. The van der Waals surface area contributed by atoms with Crippen LogP contribution in [0.15, 0.2) is 42.5 Å².